The Hall–Kier alpha value is -5.70. The van der Waals surface area contributed by atoms with Crippen LogP contribution in [0.3, 0.4) is 0 Å². The summed E-state index contributed by atoms with van der Waals surface area (Å²) in [6.07, 6.45) is -6.54. The predicted octanol–water partition coefficient (Wildman–Crippen LogP) is 5.49. The number of nitrogens with one attached hydrogen (secondary N) is 5. The van der Waals surface area contributed by atoms with Crippen molar-refractivity contribution in [2.45, 2.75) is 104 Å². The lowest BCUT2D eigenvalue weighted by Gasteiger charge is -2.28. The SMILES string of the molecule is CC(C)(C)OC(=O)NCCN(CCNC(=O)OC(C)(C)C)S(=O)(=O)C[C@H](NC(=O)OC(C)(C)C)C(=O)N[C@@H](Cc1ccc(C(F)(F)F)cc1)C(=O)Nc1cnc2ccccc2c1. The number of alkyl halides is 3. The van der Waals surface area contributed by atoms with Gasteiger partial charge in [-0.2, -0.15) is 17.5 Å². The van der Waals surface area contributed by atoms with Crippen LogP contribution in [0.2, 0.25) is 0 Å². The van der Waals surface area contributed by atoms with Gasteiger partial charge < -0.3 is 40.8 Å². The van der Waals surface area contributed by atoms with E-state index in [1.807, 2.05) is 0 Å². The Morgan fingerprint density at radius 1 is 0.694 bits per heavy atom. The summed E-state index contributed by atoms with van der Waals surface area (Å²) in [6, 6.07) is 9.01. The monoisotopic (exact) mass is 895 g/mol. The summed E-state index contributed by atoms with van der Waals surface area (Å²) in [5, 5.41) is 12.9. The van der Waals surface area contributed by atoms with E-state index >= 15 is 0 Å². The van der Waals surface area contributed by atoms with Gasteiger partial charge in [0.15, 0.2) is 0 Å². The Balaban J connectivity index is 1.97. The maximum atomic E-state index is 14.2. The van der Waals surface area contributed by atoms with Gasteiger partial charge in [0.1, 0.15) is 28.9 Å². The first-order valence-electron chi connectivity index (χ1n) is 19.5. The highest BCUT2D eigenvalue weighted by atomic mass is 32.2. The molecular formula is C41H56F3N7O10S. The molecule has 62 heavy (non-hydrogen) atoms. The highest BCUT2D eigenvalue weighted by Gasteiger charge is 2.36. The van der Waals surface area contributed by atoms with Crippen molar-refractivity contribution in [3.63, 3.8) is 0 Å². The summed E-state index contributed by atoms with van der Waals surface area (Å²) in [5.74, 6) is -3.15. The molecule has 0 unspecified atom stereocenters. The van der Waals surface area contributed by atoms with Gasteiger partial charge in [0.25, 0.3) is 0 Å². The first-order valence-corrected chi connectivity index (χ1v) is 21.1. The van der Waals surface area contributed by atoms with Crippen molar-refractivity contribution in [3.05, 3.63) is 71.9 Å². The minimum Gasteiger partial charge on any atom is -0.444 e. The van der Waals surface area contributed by atoms with Gasteiger partial charge in [-0.25, -0.2) is 22.8 Å². The van der Waals surface area contributed by atoms with Crippen LogP contribution in [0.1, 0.15) is 73.4 Å². The quantitative estimate of drug-likeness (QED) is 0.113. The van der Waals surface area contributed by atoms with E-state index < -0.39 is 99.6 Å². The third kappa shape index (κ3) is 18.1. The van der Waals surface area contributed by atoms with Gasteiger partial charge in [0.05, 0.1) is 28.7 Å². The van der Waals surface area contributed by atoms with Crippen LogP contribution in [0.5, 0.6) is 0 Å². The zero-order valence-corrected chi connectivity index (χ0v) is 37.0. The molecule has 0 saturated carbocycles. The topological polar surface area (TPSA) is 223 Å². The second-order valence-electron chi connectivity index (χ2n) is 17.1. The number of hydrogen-bond donors (Lipinski definition) is 5. The van der Waals surface area contributed by atoms with Crippen molar-refractivity contribution in [1.82, 2.24) is 30.6 Å². The first-order chi connectivity index (χ1) is 28.5. The van der Waals surface area contributed by atoms with Crippen LogP contribution < -0.4 is 26.6 Å². The molecule has 5 N–H and O–H groups in total. The normalized spacial score (nSPS) is 13.4. The summed E-state index contributed by atoms with van der Waals surface area (Å²) >= 11 is 0. The summed E-state index contributed by atoms with van der Waals surface area (Å²) in [5.41, 5.74) is -2.76. The molecule has 0 aliphatic heterocycles. The predicted molar refractivity (Wildman–Crippen MR) is 224 cm³/mol. The zero-order chi connectivity index (χ0) is 46.7. The van der Waals surface area contributed by atoms with E-state index in [1.165, 1.54) is 27.0 Å². The lowest BCUT2D eigenvalue weighted by Crippen LogP contribution is -2.57. The summed E-state index contributed by atoms with van der Waals surface area (Å²) in [6.45, 7) is 13.0. The number of rotatable bonds is 16. The Morgan fingerprint density at radius 2 is 1.21 bits per heavy atom. The van der Waals surface area contributed by atoms with Gasteiger partial charge in [-0.1, -0.05) is 30.3 Å². The Labute approximate surface area is 359 Å². The number of anilines is 1. The molecule has 17 nitrogen and oxygen atoms in total. The second kappa shape index (κ2) is 20.9. The van der Waals surface area contributed by atoms with Crippen molar-refractivity contribution in [2.24, 2.45) is 0 Å². The molecule has 0 spiro atoms. The fraction of sp³-hybridized carbons (Fsp3) is 0.512. The molecule has 3 aromatic rings. The van der Waals surface area contributed by atoms with E-state index in [-0.39, 0.29) is 30.8 Å². The number of ether oxygens (including phenoxy) is 3. The molecule has 0 radical (unpaired) electrons. The number of amides is 5. The van der Waals surface area contributed by atoms with Crippen molar-refractivity contribution in [2.75, 3.05) is 37.2 Å². The number of pyridine rings is 1. The van der Waals surface area contributed by atoms with Crippen molar-refractivity contribution >= 4 is 56.7 Å². The molecule has 0 aliphatic rings. The van der Waals surface area contributed by atoms with Crippen molar-refractivity contribution in [3.8, 4) is 0 Å². The van der Waals surface area contributed by atoms with Gasteiger partial charge in [0, 0.05) is 38.0 Å². The van der Waals surface area contributed by atoms with Gasteiger partial charge >= 0.3 is 24.5 Å². The Morgan fingerprint density at radius 3 is 1.73 bits per heavy atom. The molecular weight excluding hydrogens is 840 g/mol. The van der Waals surface area contributed by atoms with Crippen molar-refractivity contribution in [1.29, 1.82) is 0 Å². The van der Waals surface area contributed by atoms with E-state index in [2.05, 4.69) is 31.6 Å². The molecule has 1 heterocycles. The van der Waals surface area contributed by atoms with Crippen LogP contribution in [0.4, 0.5) is 33.2 Å². The average Bonchev–Trinajstić information content (AvgIpc) is 3.11. The lowest BCUT2D eigenvalue weighted by molar-refractivity contribution is -0.137. The molecule has 21 heteroatoms. The molecule has 0 aliphatic carbocycles. The van der Waals surface area contributed by atoms with Gasteiger partial charge in [-0.05, 0) is 92.1 Å². The number of carbonyl (C=O) groups excluding carboxylic acids is 5. The van der Waals surface area contributed by atoms with Gasteiger partial charge in [-0.15, -0.1) is 0 Å². The van der Waals surface area contributed by atoms with Crippen molar-refractivity contribution < 1.29 is 59.8 Å². The molecule has 0 bridgehead atoms. The number of alkyl carbamates (subject to hydrolysis) is 3. The number of hydrogen-bond acceptors (Lipinski definition) is 11. The fourth-order valence-electron chi connectivity index (χ4n) is 5.45. The minimum atomic E-state index is -4.65. The van der Waals surface area contributed by atoms with E-state index in [4.69, 9.17) is 14.2 Å². The summed E-state index contributed by atoms with van der Waals surface area (Å²) < 4.78 is 85.1. The van der Waals surface area contributed by atoms with E-state index in [1.54, 1.807) is 71.9 Å². The number of carbonyl (C=O) groups is 5. The maximum Gasteiger partial charge on any atom is 0.416 e. The number of benzene rings is 2. The number of aromatic nitrogens is 1. The number of sulfonamides is 1. The number of fused-ring (bicyclic) bond motifs is 1. The summed E-state index contributed by atoms with van der Waals surface area (Å²) in [7, 11) is -4.62. The smallest absolute Gasteiger partial charge is 0.416 e. The van der Waals surface area contributed by atoms with Crippen LogP contribution in [0, 0.1) is 0 Å². The Bertz CT molecular complexity index is 2120. The molecule has 1 aromatic heterocycles. The largest absolute Gasteiger partial charge is 0.444 e. The van der Waals surface area contributed by atoms with E-state index in [0.29, 0.717) is 10.9 Å². The highest BCUT2D eigenvalue weighted by molar-refractivity contribution is 7.89. The van der Waals surface area contributed by atoms with Crippen LogP contribution >= 0.6 is 0 Å². The number of nitrogens with zero attached hydrogens (tertiary/aromatic N) is 2. The van der Waals surface area contributed by atoms with E-state index in [9.17, 15) is 45.6 Å². The van der Waals surface area contributed by atoms with E-state index in [0.717, 1.165) is 28.6 Å². The average molecular weight is 896 g/mol. The molecule has 0 saturated heterocycles. The summed E-state index contributed by atoms with van der Waals surface area (Å²) in [4.78, 5) is 70.2. The molecule has 3 rings (SSSR count). The highest BCUT2D eigenvalue weighted by Crippen LogP contribution is 2.29. The number of para-hydroxylation sites is 1. The van der Waals surface area contributed by atoms with Gasteiger partial charge in [-0.3, -0.25) is 14.6 Å². The zero-order valence-electron chi connectivity index (χ0n) is 36.2. The third-order valence-corrected chi connectivity index (χ3v) is 9.96. The second-order valence-corrected chi connectivity index (χ2v) is 19.1. The van der Waals surface area contributed by atoms with Crippen LogP contribution in [-0.2, 0) is 46.4 Å². The minimum absolute atomic E-state index is 0.195. The third-order valence-electron chi connectivity index (χ3n) is 8.05. The standard InChI is InChI=1S/C41H56F3N7O10S/c1-38(2,3)59-35(54)45-18-20-51(21-19-46-36(55)60-39(4,5)6)62(57,58)25-32(50-37(56)61-40(7,8)9)34(53)49-31(22-26-14-16-28(17-15-26)41(42,43)44)33(52)48-29-23-27-12-10-11-13-30(27)47-24-29/h10-17,23-24,31-32H,18-22,25H2,1-9H3,(H,45,54)(H,46,55)(H,48,52)(H,49,53)(H,50,56)/t31-,32-/m0/s1. The maximum absolute atomic E-state index is 14.2. The molecule has 2 atom stereocenters. The molecule has 0 fully saturated rings. The van der Waals surface area contributed by atoms with Crippen LogP contribution in [0.15, 0.2) is 60.8 Å². The van der Waals surface area contributed by atoms with Crippen LogP contribution in [-0.4, -0.2) is 109 Å². The molecule has 2 aromatic carbocycles. The van der Waals surface area contributed by atoms with Crippen LogP contribution in [0.25, 0.3) is 10.9 Å². The molecule has 5 amide bonds. The fourth-order valence-corrected chi connectivity index (χ4v) is 7.05. The first kappa shape index (κ1) is 50.7. The molecule has 342 valence electrons. The Kier molecular flexibility index (Phi) is 17.1. The number of halogens is 3. The lowest BCUT2D eigenvalue weighted by atomic mass is 10.0. The van der Waals surface area contributed by atoms with Gasteiger partial charge in [0.2, 0.25) is 21.8 Å².